The van der Waals surface area contributed by atoms with Crippen LogP contribution in [-0.2, 0) is 0 Å². The lowest BCUT2D eigenvalue weighted by molar-refractivity contribution is 0.0610. The molecule has 20 heavy (non-hydrogen) atoms. The number of furan rings is 1. The highest BCUT2D eigenvalue weighted by atomic mass is 19.1. The van der Waals surface area contributed by atoms with Gasteiger partial charge in [0.1, 0.15) is 12.1 Å². The molecule has 1 saturated heterocycles. The van der Waals surface area contributed by atoms with Crippen LogP contribution in [0, 0.1) is 5.82 Å². The van der Waals surface area contributed by atoms with Gasteiger partial charge in [-0.3, -0.25) is 4.79 Å². The van der Waals surface area contributed by atoms with Crippen LogP contribution in [-0.4, -0.2) is 17.4 Å². The second-order valence-electron chi connectivity index (χ2n) is 5.08. The minimum atomic E-state index is -0.260. The van der Waals surface area contributed by atoms with E-state index in [0.717, 1.165) is 24.8 Å². The van der Waals surface area contributed by atoms with Gasteiger partial charge < -0.3 is 9.32 Å². The molecule has 1 fully saturated rings. The van der Waals surface area contributed by atoms with E-state index in [9.17, 15) is 9.18 Å². The summed E-state index contributed by atoms with van der Waals surface area (Å²) in [5, 5.41) is 0. The van der Waals surface area contributed by atoms with Gasteiger partial charge in [-0.2, -0.15) is 0 Å². The van der Waals surface area contributed by atoms with Crippen LogP contribution >= 0.6 is 0 Å². The quantitative estimate of drug-likeness (QED) is 0.834. The van der Waals surface area contributed by atoms with E-state index < -0.39 is 0 Å². The molecule has 0 spiro atoms. The lowest BCUT2D eigenvalue weighted by Gasteiger charge is -2.36. The molecule has 3 rings (SSSR count). The summed E-state index contributed by atoms with van der Waals surface area (Å²) in [5.41, 5.74) is 1.41. The minimum absolute atomic E-state index is 0.0484. The van der Waals surface area contributed by atoms with Gasteiger partial charge >= 0.3 is 0 Å². The minimum Gasteiger partial charge on any atom is -0.472 e. The van der Waals surface area contributed by atoms with Gasteiger partial charge in [-0.15, -0.1) is 0 Å². The van der Waals surface area contributed by atoms with Crippen molar-refractivity contribution in [3.05, 3.63) is 59.8 Å². The Bertz CT molecular complexity index is 594. The van der Waals surface area contributed by atoms with Crippen molar-refractivity contribution in [1.29, 1.82) is 0 Å². The highest BCUT2D eigenvalue weighted by Crippen LogP contribution is 2.32. The van der Waals surface area contributed by atoms with Crippen molar-refractivity contribution in [3.63, 3.8) is 0 Å². The van der Waals surface area contributed by atoms with Gasteiger partial charge in [0, 0.05) is 6.54 Å². The third kappa shape index (κ3) is 2.46. The second kappa shape index (κ2) is 5.49. The van der Waals surface area contributed by atoms with Crippen LogP contribution in [0.15, 0.2) is 47.3 Å². The molecule has 1 aromatic heterocycles. The molecule has 1 aromatic carbocycles. The van der Waals surface area contributed by atoms with Crippen molar-refractivity contribution in [2.75, 3.05) is 6.54 Å². The van der Waals surface area contributed by atoms with Gasteiger partial charge in [-0.1, -0.05) is 12.1 Å². The second-order valence-corrected chi connectivity index (χ2v) is 5.08. The van der Waals surface area contributed by atoms with Crippen LogP contribution in [0.25, 0.3) is 0 Å². The van der Waals surface area contributed by atoms with Crippen molar-refractivity contribution in [2.24, 2.45) is 0 Å². The van der Waals surface area contributed by atoms with Crippen molar-refractivity contribution >= 4 is 5.91 Å². The average Bonchev–Trinajstić information content (AvgIpc) is 3.01. The number of amides is 1. The van der Waals surface area contributed by atoms with E-state index in [1.165, 1.54) is 24.7 Å². The predicted molar refractivity (Wildman–Crippen MR) is 72.7 cm³/mol. The fraction of sp³-hybridized carbons (Fsp3) is 0.312. The molecule has 0 N–H and O–H groups in total. The molecule has 104 valence electrons. The highest BCUT2D eigenvalue weighted by Gasteiger charge is 2.29. The van der Waals surface area contributed by atoms with Gasteiger partial charge in [-0.25, -0.2) is 4.39 Å². The first kappa shape index (κ1) is 12.9. The third-order valence-corrected chi connectivity index (χ3v) is 3.77. The van der Waals surface area contributed by atoms with Crippen LogP contribution in [0.2, 0.25) is 0 Å². The molecule has 2 heterocycles. The third-order valence-electron chi connectivity index (χ3n) is 3.77. The Hall–Kier alpha value is -2.10. The molecule has 1 amide bonds. The van der Waals surface area contributed by atoms with Crippen molar-refractivity contribution in [3.8, 4) is 0 Å². The number of piperidine rings is 1. The summed E-state index contributed by atoms with van der Waals surface area (Å²) >= 11 is 0. The number of halogens is 1. The van der Waals surface area contributed by atoms with E-state index in [1.54, 1.807) is 12.1 Å². The Morgan fingerprint density at radius 2 is 2.20 bits per heavy atom. The maximum absolute atomic E-state index is 13.4. The molecule has 1 unspecified atom stereocenters. The van der Waals surface area contributed by atoms with Crippen LogP contribution in [0.1, 0.15) is 41.2 Å². The zero-order valence-electron chi connectivity index (χ0n) is 11.1. The summed E-state index contributed by atoms with van der Waals surface area (Å²) in [6.07, 6.45) is 5.85. The largest absolute Gasteiger partial charge is 0.472 e. The van der Waals surface area contributed by atoms with Crippen LogP contribution in [0.5, 0.6) is 0 Å². The summed E-state index contributed by atoms with van der Waals surface area (Å²) in [6, 6.07) is 8.13. The summed E-state index contributed by atoms with van der Waals surface area (Å²) in [7, 11) is 0. The number of hydrogen-bond donors (Lipinski definition) is 0. The first-order valence-corrected chi connectivity index (χ1v) is 6.84. The number of hydrogen-bond acceptors (Lipinski definition) is 2. The van der Waals surface area contributed by atoms with Gasteiger partial charge in [0.2, 0.25) is 0 Å². The molecule has 1 atom stereocenters. The summed E-state index contributed by atoms with van der Waals surface area (Å²) in [6.45, 7) is 0.700. The standard InChI is InChI=1S/C16H16FNO2/c17-14-5-3-4-12(10-14)15-6-1-2-8-18(15)16(19)13-7-9-20-11-13/h3-5,7,9-11,15H,1-2,6,8H2. The monoisotopic (exact) mass is 273 g/mol. The van der Waals surface area contributed by atoms with Crippen molar-refractivity contribution in [2.45, 2.75) is 25.3 Å². The number of carbonyl (C=O) groups is 1. The van der Waals surface area contributed by atoms with Crippen molar-refractivity contribution in [1.82, 2.24) is 4.90 Å². The molecule has 0 aliphatic carbocycles. The zero-order chi connectivity index (χ0) is 13.9. The maximum atomic E-state index is 13.4. The molecule has 0 saturated carbocycles. The first-order chi connectivity index (χ1) is 9.75. The molecule has 1 aliphatic heterocycles. The number of rotatable bonds is 2. The van der Waals surface area contributed by atoms with Gasteiger partial charge in [0.25, 0.3) is 5.91 Å². The van der Waals surface area contributed by atoms with Gasteiger partial charge in [0.05, 0.1) is 17.9 Å². The summed E-state index contributed by atoms with van der Waals surface area (Å²) in [4.78, 5) is 14.3. The number of likely N-dealkylation sites (tertiary alicyclic amines) is 1. The Morgan fingerprint density at radius 3 is 2.95 bits per heavy atom. The Balaban J connectivity index is 1.89. The number of benzene rings is 1. The normalized spacial score (nSPS) is 19.1. The summed E-state index contributed by atoms with van der Waals surface area (Å²) < 4.78 is 18.4. The molecule has 4 heteroatoms. The van der Waals surface area contributed by atoms with E-state index in [-0.39, 0.29) is 17.8 Å². The Labute approximate surface area is 117 Å². The van der Waals surface area contributed by atoms with E-state index in [0.29, 0.717) is 12.1 Å². The van der Waals surface area contributed by atoms with E-state index >= 15 is 0 Å². The van der Waals surface area contributed by atoms with Crippen molar-refractivity contribution < 1.29 is 13.6 Å². The molecular weight excluding hydrogens is 257 g/mol. The van der Waals surface area contributed by atoms with Gasteiger partial charge in [0.15, 0.2) is 0 Å². The van der Waals surface area contributed by atoms with Crippen LogP contribution in [0.4, 0.5) is 4.39 Å². The van der Waals surface area contributed by atoms with E-state index in [1.807, 2.05) is 11.0 Å². The maximum Gasteiger partial charge on any atom is 0.257 e. The smallest absolute Gasteiger partial charge is 0.257 e. The van der Waals surface area contributed by atoms with Crippen LogP contribution < -0.4 is 0 Å². The number of carbonyl (C=O) groups excluding carboxylic acids is 1. The average molecular weight is 273 g/mol. The van der Waals surface area contributed by atoms with E-state index in [4.69, 9.17) is 4.42 Å². The highest BCUT2D eigenvalue weighted by molar-refractivity contribution is 5.94. The lowest BCUT2D eigenvalue weighted by Crippen LogP contribution is -2.38. The molecular formula is C16H16FNO2. The topological polar surface area (TPSA) is 33.5 Å². The zero-order valence-corrected chi connectivity index (χ0v) is 11.1. The Kier molecular flexibility index (Phi) is 3.54. The lowest BCUT2D eigenvalue weighted by atomic mass is 9.94. The molecule has 1 aliphatic rings. The number of nitrogens with zero attached hydrogens (tertiary/aromatic N) is 1. The molecule has 0 radical (unpaired) electrons. The Morgan fingerprint density at radius 1 is 1.30 bits per heavy atom. The fourth-order valence-corrected chi connectivity index (χ4v) is 2.79. The fourth-order valence-electron chi connectivity index (χ4n) is 2.79. The first-order valence-electron chi connectivity index (χ1n) is 6.84. The van der Waals surface area contributed by atoms with E-state index in [2.05, 4.69) is 0 Å². The SMILES string of the molecule is O=C(c1ccoc1)N1CCCCC1c1cccc(F)c1. The molecule has 0 bridgehead atoms. The van der Waals surface area contributed by atoms with Gasteiger partial charge in [-0.05, 0) is 43.0 Å². The molecule has 3 nitrogen and oxygen atoms in total. The predicted octanol–water partition coefficient (Wildman–Crippen LogP) is 3.79. The molecule has 2 aromatic rings. The summed E-state index contributed by atoms with van der Waals surface area (Å²) in [5.74, 6) is -0.309. The van der Waals surface area contributed by atoms with Crippen LogP contribution in [0.3, 0.4) is 0 Å².